The number of ether oxygens (including phenoxy) is 3. The number of amides is 1. The summed E-state index contributed by atoms with van der Waals surface area (Å²) >= 11 is 0. The van der Waals surface area contributed by atoms with Gasteiger partial charge in [-0.15, -0.1) is 0 Å². The van der Waals surface area contributed by atoms with Crippen molar-refractivity contribution >= 4 is 17.7 Å². The van der Waals surface area contributed by atoms with Crippen LogP contribution < -0.4 is 10.1 Å². The predicted octanol–water partition coefficient (Wildman–Crippen LogP) is 3.91. The van der Waals surface area contributed by atoms with Crippen molar-refractivity contribution in [3.05, 3.63) is 59.7 Å². The number of methoxy groups -OCH3 is 1. The predicted molar refractivity (Wildman–Crippen MR) is 109 cm³/mol. The number of rotatable bonds is 10. The van der Waals surface area contributed by atoms with E-state index in [-0.39, 0.29) is 19.1 Å². The van der Waals surface area contributed by atoms with Crippen molar-refractivity contribution < 1.29 is 28.9 Å². The van der Waals surface area contributed by atoms with Crippen LogP contribution in [0.2, 0.25) is 0 Å². The molecule has 0 aliphatic rings. The lowest BCUT2D eigenvalue weighted by Crippen LogP contribution is -2.29. The molecule has 0 aliphatic heterocycles. The first-order chi connectivity index (χ1) is 13.9. The Kier molecular flexibility index (Phi) is 8.48. The molecule has 2 aromatic carbocycles. The average Bonchev–Trinajstić information content (AvgIpc) is 2.68. The summed E-state index contributed by atoms with van der Waals surface area (Å²) in [5.41, 5.74) is 2.43. The number of benzene rings is 2. The van der Waals surface area contributed by atoms with Crippen molar-refractivity contribution in [3.8, 4) is 5.75 Å². The topological polar surface area (TPSA) is 94.1 Å². The Bertz CT molecular complexity index is 803. The Labute approximate surface area is 170 Å². The molecular formula is C22H27NO6. The van der Waals surface area contributed by atoms with Gasteiger partial charge in [-0.25, -0.2) is 9.59 Å². The van der Waals surface area contributed by atoms with Crippen molar-refractivity contribution in [2.75, 3.05) is 19.0 Å². The number of carbonyl (C=O) groups is 2. The third kappa shape index (κ3) is 7.83. The molecule has 1 amide bonds. The Hall–Kier alpha value is -3.06. The van der Waals surface area contributed by atoms with Gasteiger partial charge in [0.05, 0.1) is 19.8 Å². The van der Waals surface area contributed by atoms with Gasteiger partial charge >= 0.3 is 12.1 Å². The zero-order valence-electron chi connectivity index (χ0n) is 16.9. The lowest BCUT2D eigenvalue weighted by molar-refractivity contribution is -0.153. The minimum Gasteiger partial charge on any atom is -0.497 e. The summed E-state index contributed by atoms with van der Waals surface area (Å²) in [4.78, 5) is 23.3. The normalized spacial score (nSPS) is 11.7. The van der Waals surface area contributed by atoms with Crippen molar-refractivity contribution in [2.24, 2.45) is 0 Å². The molecule has 0 bridgehead atoms. The van der Waals surface area contributed by atoms with Gasteiger partial charge in [-0.3, -0.25) is 5.32 Å². The second-order valence-electron chi connectivity index (χ2n) is 6.78. The first-order valence-electron chi connectivity index (χ1n) is 9.41. The van der Waals surface area contributed by atoms with Crippen LogP contribution in [-0.4, -0.2) is 43.1 Å². The molecule has 29 heavy (non-hydrogen) atoms. The molecule has 1 unspecified atom stereocenters. The standard InChI is InChI=1S/C22H27NO6/c1-15(2)29-20(21(24)25)14-17-6-4-5-16(13-17)11-12-28-22(26)23-18-7-9-19(27-3)10-8-18/h4-10,13,15,20H,11-12,14H2,1-3H3,(H,23,26)(H,24,25). The summed E-state index contributed by atoms with van der Waals surface area (Å²) in [5.74, 6) is -0.282. The van der Waals surface area contributed by atoms with Crippen LogP contribution in [0.25, 0.3) is 0 Å². The first-order valence-corrected chi connectivity index (χ1v) is 9.41. The van der Waals surface area contributed by atoms with E-state index in [9.17, 15) is 14.7 Å². The summed E-state index contributed by atoms with van der Waals surface area (Å²) in [5, 5.41) is 12.0. The largest absolute Gasteiger partial charge is 0.497 e. The maximum atomic E-state index is 11.9. The quantitative estimate of drug-likeness (QED) is 0.627. The number of carbonyl (C=O) groups excluding carboxylic acids is 1. The summed E-state index contributed by atoms with van der Waals surface area (Å²) in [7, 11) is 1.57. The fourth-order valence-electron chi connectivity index (χ4n) is 2.74. The second kappa shape index (κ2) is 11.1. The smallest absolute Gasteiger partial charge is 0.411 e. The van der Waals surface area contributed by atoms with E-state index < -0.39 is 18.2 Å². The van der Waals surface area contributed by atoms with Crippen molar-refractivity contribution in [3.63, 3.8) is 0 Å². The molecule has 156 valence electrons. The molecule has 0 aliphatic carbocycles. The molecule has 7 heteroatoms. The highest BCUT2D eigenvalue weighted by Gasteiger charge is 2.20. The van der Waals surface area contributed by atoms with Gasteiger partial charge in [0.25, 0.3) is 0 Å². The molecular weight excluding hydrogens is 374 g/mol. The molecule has 0 saturated carbocycles. The number of hydrogen-bond acceptors (Lipinski definition) is 5. The van der Waals surface area contributed by atoms with Gasteiger partial charge in [0.2, 0.25) is 0 Å². The zero-order valence-corrected chi connectivity index (χ0v) is 16.9. The molecule has 1 atom stereocenters. The van der Waals surface area contributed by atoms with Crippen LogP contribution in [0.1, 0.15) is 25.0 Å². The van der Waals surface area contributed by atoms with Gasteiger partial charge in [-0.1, -0.05) is 24.3 Å². The Morgan fingerprint density at radius 1 is 1.07 bits per heavy atom. The van der Waals surface area contributed by atoms with E-state index in [4.69, 9.17) is 14.2 Å². The monoisotopic (exact) mass is 401 g/mol. The second-order valence-corrected chi connectivity index (χ2v) is 6.78. The SMILES string of the molecule is COc1ccc(NC(=O)OCCc2cccc(CC(OC(C)C)C(=O)O)c2)cc1. The van der Waals surface area contributed by atoms with E-state index >= 15 is 0 Å². The maximum Gasteiger partial charge on any atom is 0.411 e. The fraction of sp³-hybridized carbons (Fsp3) is 0.364. The molecule has 0 radical (unpaired) electrons. The lowest BCUT2D eigenvalue weighted by atomic mass is 10.0. The third-order valence-electron chi connectivity index (χ3n) is 4.08. The third-order valence-corrected chi connectivity index (χ3v) is 4.08. The summed E-state index contributed by atoms with van der Waals surface area (Å²) in [6, 6.07) is 14.5. The summed E-state index contributed by atoms with van der Waals surface area (Å²) < 4.78 is 15.7. The van der Waals surface area contributed by atoms with Gasteiger partial charge < -0.3 is 19.3 Å². The van der Waals surface area contributed by atoms with E-state index in [2.05, 4.69) is 5.32 Å². The van der Waals surface area contributed by atoms with Crippen LogP contribution in [0.15, 0.2) is 48.5 Å². The van der Waals surface area contributed by atoms with E-state index in [0.717, 1.165) is 11.1 Å². The molecule has 0 saturated heterocycles. The van der Waals surface area contributed by atoms with Crippen LogP contribution in [0.5, 0.6) is 5.75 Å². The number of carboxylic acid groups (broad SMARTS) is 1. The van der Waals surface area contributed by atoms with Crippen LogP contribution in [-0.2, 0) is 27.1 Å². The molecule has 2 N–H and O–H groups in total. The van der Waals surface area contributed by atoms with Crippen molar-refractivity contribution in [1.29, 1.82) is 0 Å². The minimum absolute atomic E-state index is 0.170. The van der Waals surface area contributed by atoms with Crippen LogP contribution >= 0.6 is 0 Å². The van der Waals surface area contributed by atoms with Gasteiger partial charge in [0.15, 0.2) is 6.10 Å². The highest BCUT2D eigenvalue weighted by atomic mass is 16.5. The minimum atomic E-state index is -0.984. The van der Waals surface area contributed by atoms with E-state index in [0.29, 0.717) is 17.9 Å². The van der Waals surface area contributed by atoms with Gasteiger partial charge in [-0.2, -0.15) is 0 Å². The number of aliphatic carboxylic acids is 1. The highest BCUT2D eigenvalue weighted by molar-refractivity contribution is 5.84. The number of nitrogens with one attached hydrogen (secondary N) is 1. The Morgan fingerprint density at radius 3 is 2.38 bits per heavy atom. The van der Waals surface area contributed by atoms with Crippen molar-refractivity contribution in [2.45, 2.75) is 38.9 Å². The zero-order chi connectivity index (χ0) is 21.2. The molecule has 2 aromatic rings. The first kappa shape index (κ1) is 22.2. The van der Waals surface area contributed by atoms with Crippen LogP contribution in [0.3, 0.4) is 0 Å². The molecule has 0 heterocycles. The van der Waals surface area contributed by atoms with Gasteiger partial charge in [-0.05, 0) is 49.2 Å². The number of hydrogen-bond donors (Lipinski definition) is 2. The molecule has 7 nitrogen and oxygen atoms in total. The van der Waals surface area contributed by atoms with E-state index in [1.165, 1.54) is 0 Å². The Balaban J connectivity index is 1.83. The summed E-state index contributed by atoms with van der Waals surface area (Å²) in [6.45, 7) is 3.82. The lowest BCUT2D eigenvalue weighted by Gasteiger charge is -2.17. The van der Waals surface area contributed by atoms with Crippen LogP contribution in [0, 0.1) is 0 Å². The Morgan fingerprint density at radius 2 is 1.76 bits per heavy atom. The fourth-order valence-corrected chi connectivity index (χ4v) is 2.74. The van der Waals surface area contributed by atoms with E-state index in [1.807, 2.05) is 24.3 Å². The molecule has 0 aromatic heterocycles. The maximum absolute atomic E-state index is 11.9. The van der Waals surface area contributed by atoms with Crippen molar-refractivity contribution in [1.82, 2.24) is 0 Å². The summed E-state index contributed by atoms with van der Waals surface area (Å²) in [6.07, 6.45) is -0.802. The molecule has 2 rings (SSSR count). The number of anilines is 1. The molecule has 0 spiro atoms. The van der Waals surface area contributed by atoms with E-state index in [1.54, 1.807) is 45.2 Å². The highest BCUT2D eigenvalue weighted by Crippen LogP contribution is 2.15. The molecule has 0 fully saturated rings. The number of carboxylic acids is 1. The van der Waals surface area contributed by atoms with Gasteiger partial charge in [0.1, 0.15) is 5.75 Å². The van der Waals surface area contributed by atoms with Crippen LogP contribution in [0.4, 0.5) is 10.5 Å². The average molecular weight is 401 g/mol. The van der Waals surface area contributed by atoms with Gasteiger partial charge in [0, 0.05) is 18.5 Å².